The number of fused-ring (bicyclic) bond motifs is 4. The normalized spacial score (nSPS) is 22.1. The smallest absolute Gasteiger partial charge is 0.238 e. The molecule has 0 amide bonds. The quantitative estimate of drug-likeness (QED) is 0.578. The monoisotopic (exact) mass is 441 g/mol. The number of hydrogen-bond donors (Lipinski definition) is 0. The van der Waals surface area contributed by atoms with Crippen LogP contribution >= 0.6 is 0 Å². The van der Waals surface area contributed by atoms with Gasteiger partial charge in [0, 0.05) is 0 Å². The lowest BCUT2D eigenvalue weighted by molar-refractivity contribution is 0.0482. The molecule has 0 spiro atoms. The highest BCUT2D eigenvalue weighted by molar-refractivity contribution is 7.91. The van der Waals surface area contributed by atoms with Crippen LogP contribution in [-0.4, -0.2) is 62.2 Å². The van der Waals surface area contributed by atoms with Crippen LogP contribution in [0, 0.1) is 6.92 Å². The molecule has 0 saturated carbocycles. The summed E-state index contributed by atoms with van der Waals surface area (Å²) in [5.41, 5.74) is 2.47. The minimum Gasteiger partial charge on any atom is -0.616 e. The Labute approximate surface area is 184 Å². The summed E-state index contributed by atoms with van der Waals surface area (Å²) in [4.78, 5) is 16.9. The maximum Gasteiger partial charge on any atom is 0.238 e. The first-order valence-electron chi connectivity index (χ1n) is 10.5. The van der Waals surface area contributed by atoms with Gasteiger partial charge < -0.3 is 18.9 Å². The van der Waals surface area contributed by atoms with E-state index in [1.807, 2.05) is 49.6 Å². The van der Waals surface area contributed by atoms with Crippen molar-refractivity contribution in [3.8, 4) is 11.7 Å². The predicted octanol–water partition coefficient (Wildman–Crippen LogP) is 2.72. The van der Waals surface area contributed by atoms with Gasteiger partial charge in [-0.25, -0.2) is 9.97 Å². The van der Waals surface area contributed by atoms with Crippen LogP contribution in [0.2, 0.25) is 0 Å². The van der Waals surface area contributed by atoms with Crippen LogP contribution in [0.1, 0.15) is 32.3 Å². The van der Waals surface area contributed by atoms with E-state index < -0.39 is 15.9 Å². The summed E-state index contributed by atoms with van der Waals surface area (Å²) in [5, 5.41) is 0. The minimum atomic E-state index is -1.17. The molecule has 1 saturated heterocycles. The first kappa shape index (κ1) is 20.5. The molecule has 5 rings (SSSR count). The van der Waals surface area contributed by atoms with E-state index in [1.54, 1.807) is 6.26 Å². The number of imidazole rings is 1. The van der Waals surface area contributed by atoms with Crippen LogP contribution < -0.4 is 9.64 Å². The average Bonchev–Trinajstić information content (AvgIpc) is 3.08. The number of benzene rings is 1. The van der Waals surface area contributed by atoms with Crippen LogP contribution in [0.5, 0.6) is 5.75 Å². The van der Waals surface area contributed by atoms with Gasteiger partial charge in [-0.15, -0.1) is 0 Å². The summed E-state index contributed by atoms with van der Waals surface area (Å²) < 4.78 is 25.9. The van der Waals surface area contributed by atoms with Gasteiger partial charge in [0.2, 0.25) is 5.95 Å². The molecule has 3 atom stereocenters. The molecule has 31 heavy (non-hydrogen) atoms. The number of hydrogen-bond acceptors (Lipinski definition) is 7. The van der Waals surface area contributed by atoms with Crippen LogP contribution in [0.25, 0.3) is 17.0 Å². The van der Waals surface area contributed by atoms with Crippen molar-refractivity contribution < 1.29 is 14.0 Å². The van der Waals surface area contributed by atoms with Crippen molar-refractivity contribution in [2.75, 3.05) is 31.0 Å². The molecule has 2 aromatic heterocycles. The summed E-state index contributed by atoms with van der Waals surface area (Å²) in [6.07, 6.45) is 1.70. The van der Waals surface area contributed by atoms with Gasteiger partial charge in [0.05, 0.1) is 42.6 Å². The van der Waals surface area contributed by atoms with E-state index in [0.717, 1.165) is 22.7 Å². The third-order valence-electron chi connectivity index (χ3n) is 6.26. The Morgan fingerprint density at radius 2 is 1.90 bits per heavy atom. The predicted molar refractivity (Wildman–Crippen MR) is 121 cm³/mol. The summed E-state index contributed by atoms with van der Waals surface area (Å²) >= 11 is -1.17. The molecule has 4 heterocycles. The molecule has 2 aliphatic heterocycles. The zero-order valence-electron chi connectivity index (χ0n) is 18.5. The fourth-order valence-corrected chi connectivity index (χ4v) is 4.77. The Morgan fingerprint density at radius 1 is 1.13 bits per heavy atom. The van der Waals surface area contributed by atoms with Crippen LogP contribution in [0.4, 0.5) is 5.82 Å². The summed E-state index contributed by atoms with van der Waals surface area (Å²) in [7, 11) is 0. The Morgan fingerprint density at radius 3 is 2.68 bits per heavy atom. The van der Waals surface area contributed by atoms with E-state index in [-0.39, 0.29) is 12.1 Å². The van der Waals surface area contributed by atoms with E-state index >= 15 is 0 Å². The van der Waals surface area contributed by atoms with Gasteiger partial charge >= 0.3 is 0 Å². The van der Waals surface area contributed by atoms with E-state index in [2.05, 4.69) is 16.8 Å². The Kier molecular flexibility index (Phi) is 4.87. The average molecular weight is 442 g/mol. The van der Waals surface area contributed by atoms with Crippen molar-refractivity contribution in [2.24, 2.45) is 0 Å². The summed E-state index contributed by atoms with van der Waals surface area (Å²) in [6, 6.07) is 8.17. The van der Waals surface area contributed by atoms with Crippen molar-refractivity contribution in [3.05, 3.63) is 35.8 Å². The van der Waals surface area contributed by atoms with Crippen LogP contribution in [-0.2, 0) is 20.7 Å². The number of para-hydroxylation sites is 2. The molecular formula is C22H27N5O3S. The lowest BCUT2D eigenvalue weighted by atomic mass is 10.0. The third kappa shape index (κ3) is 3.18. The van der Waals surface area contributed by atoms with E-state index in [1.165, 1.54) is 0 Å². The zero-order valence-corrected chi connectivity index (χ0v) is 19.3. The Balaban J connectivity index is 1.79. The molecule has 0 aliphatic carbocycles. The maximum atomic E-state index is 12.7. The minimum absolute atomic E-state index is 0.0858. The molecule has 1 fully saturated rings. The van der Waals surface area contributed by atoms with E-state index in [4.69, 9.17) is 19.4 Å². The first-order chi connectivity index (χ1) is 14.8. The fraction of sp³-hybridized carbons (Fsp3) is 0.500. The second-order valence-corrected chi connectivity index (χ2v) is 10.7. The molecule has 1 aromatic carbocycles. The highest BCUT2D eigenvalue weighted by Gasteiger charge is 2.43. The van der Waals surface area contributed by atoms with Gasteiger partial charge in [-0.1, -0.05) is 12.1 Å². The zero-order chi connectivity index (χ0) is 21.9. The second kappa shape index (κ2) is 7.36. The van der Waals surface area contributed by atoms with Crippen molar-refractivity contribution in [3.63, 3.8) is 0 Å². The number of nitrogens with zero attached hydrogens (tertiary/aromatic N) is 5. The van der Waals surface area contributed by atoms with Gasteiger partial charge in [0.25, 0.3) is 0 Å². The highest BCUT2D eigenvalue weighted by atomic mass is 32.2. The number of aryl methyl sites for hydroxylation is 1. The van der Waals surface area contributed by atoms with Crippen LogP contribution in [0.15, 0.2) is 24.3 Å². The first-order valence-corrected chi connectivity index (χ1v) is 12.0. The van der Waals surface area contributed by atoms with Crippen LogP contribution in [0.3, 0.4) is 0 Å². The van der Waals surface area contributed by atoms with Gasteiger partial charge in [-0.05, 0) is 51.0 Å². The molecular weight excluding hydrogens is 414 g/mol. The lowest BCUT2D eigenvalue weighted by Gasteiger charge is -2.45. The molecule has 8 nitrogen and oxygen atoms in total. The Hall–Kier alpha value is -2.36. The SMILES string of the molecule is Cc1nc2ccccc2n1-c1nc2c(c(C(C)(C)[S+](C)[O-])n1)OC[C@@H]1COC[C@@H](C)N21. The maximum absolute atomic E-state index is 12.7. The highest BCUT2D eigenvalue weighted by Crippen LogP contribution is 2.44. The molecule has 1 unspecified atom stereocenters. The third-order valence-corrected chi connectivity index (χ3v) is 7.89. The molecule has 0 bridgehead atoms. The summed E-state index contributed by atoms with van der Waals surface area (Å²) in [5.74, 6) is 2.67. The van der Waals surface area contributed by atoms with Crippen molar-refractivity contribution in [2.45, 2.75) is 44.5 Å². The lowest BCUT2D eigenvalue weighted by Crippen LogP contribution is -2.56. The topological polar surface area (TPSA) is 88.4 Å². The van der Waals surface area contributed by atoms with Gasteiger partial charge in [0.15, 0.2) is 16.3 Å². The molecule has 2 aliphatic rings. The Bertz CT molecular complexity index is 1150. The fourth-order valence-electron chi connectivity index (χ4n) is 4.36. The number of ether oxygens (including phenoxy) is 2. The van der Waals surface area contributed by atoms with Gasteiger partial charge in [0.1, 0.15) is 18.1 Å². The molecule has 3 aromatic rings. The largest absolute Gasteiger partial charge is 0.616 e. The second-order valence-electron chi connectivity index (χ2n) is 8.73. The summed E-state index contributed by atoms with van der Waals surface area (Å²) in [6.45, 7) is 9.66. The number of morpholine rings is 1. The van der Waals surface area contributed by atoms with Gasteiger partial charge in [-0.2, -0.15) is 4.98 Å². The number of anilines is 1. The molecule has 164 valence electrons. The van der Waals surface area contributed by atoms with Crippen molar-refractivity contribution in [1.82, 2.24) is 19.5 Å². The number of aromatic nitrogens is 4. The van der Waals surface area contributed by atoms with E-state index in [9.17, 15) is 4.55 Å². The molecule has 0 radical (unpaired) electrons. The molecule has 9 heteroatoms. The number of rotatable bonds is 3. The van der Waals surface area contributed by atoms with Crippen molar-refractivity contribution in [1.29, 1.82) is 0 Å². The van der Waals surface area contributed by atoms with E-state index in [0.29, 0.717) is 37.2 Å². The van der Waals surface area contributed by atoms with Crippen molar-refractivity contribution >= 4 is 28.0 Å². The standard InChI is InChI=1S/C22H27N5O3S/c1-13-10-29-11-15-12-30-18-19(22(3,4)31(5)28)24-21(25-20(18)26(13)15)27-14(2)23-16-8-6-7-9-17(16)27/h6-9,13,15H,10-12H2,1-5H3/t13-,15+,31?/m1/s1. The molecule has 0 N–H and O–H groups in total. The van der Waals surface area contributed by atoms with Gasteiger partial charge in [-0.3, -0.25) is 4.57 Å².